The summed E-state index contributed by atoms with van der Waals surface area (Å²) < 4.78 is 7.12. The molecule has 1 atom stereocenters. The fourth-order valence-corrected chi connectivity index (χ4v) is 5.37. The number of likely N-dealkylation sites (tertiary alicyclic amines) is 1. The summed E-state index contributed by atoms with van der Waals surface area (Å²) in [4.78, 5) is 30.4. The van der Waals surface area contributed by atoms with Gasteiger partial charge in [0.2, 0.25) is 11.8 Å². The molecule has 4 rings (SSSR count). The molecule has 3 aromatic rings. The largest absolute Gasteiger partial charge is 0.493 e. The maximum absolute atomic E-state index is 13.4. The van der Waals surface area contributed by atoms with Crippen LogP contribution in [-0.4, -0.2) is 48.4 Å². The Hall–Kier alpha value is -2.83. The predicted molar refractivity (Wildman–Crippen MR) is 151 cm³/mol. The van der Waals surface area contributed by atoms with E-state index in [9.17, 15) is 9.59 Å². The average Bonchev–Trinajstić information content (AvgIpc) is 2.90. The Morgan fingerprint density at radius 1 is 1.03 bits per heavy atom. The first-order valence-corrected chi connectivity index (χ1v) is 13.7. The van der Waals surface area contributed by atoms with Gasteiger partial charge in [0.05, 0.1) is 13.0 Å². The van der Waals surface area contributed by atoms with E-state index in [2.05, 4.69) is 15.9 Å². The first-order chi connectivity index (χ1) is 17.8. The van der Waals surface area contributed by atoms with E-state index in [0.717, 1.165) is 28.4 Å². The maximum atomic E-state index is 13.4. The summed E-state index contributed by atoms with van der Waals surface area (Å²) in [7, 11) is 1.84. The van der Waals surface area contributed by atoms with E-state index in [0.29, 0.717) is 49.9 Å². The summed E-state index contributed by atoms with van der Waals surface area (Å²) in [5, 5.41) is 0.640. The quantitative estimate of drug-likeness (QED) is 0.294. The van der Waals surface area contributed by atoms with Crippen molar-refractivity contribution >= 4 is 39.3 Å². The van der Waals surface area contributed by atoms with Crippen LogP contribution in [-0.2, 0) is 22.6 Å². The molecular weight excluding hydrogens is 552 g/mol. The lowest BCUT2D eigenvalue weighted by Crippen LogP contribution is -2.51. The summed E-state index contributed by atoms with van der Waals surface area (Å²) in [5.74, 6) is 0.807. The SMILES string of the molecule is CN(Cc1ccccc1)C(=O)C[C@@]1(COc2ccc(Cl)cc2)CCCN(C(=O)Cc2ccccc2Br)C1. The molecule has 194 valence electrons. The van der Waals surface area contributed by atoms with E-state index in [-0.39, 0.29) is 11.8 Å². The van der Waals surface area contributed by atoms with Crippen LogP contribution in [0.4, 0.5) is 0 Å². The third-order valence-corrected chi connectivity index (χ3v) is 7.91. The normalized spacial score (nSPS) is 17.3. The topological polar surface area (TPSA) is 49.9 Å². The summed E-state index contributed by atoms with van der Waals surface area (Å²) in [6.45, 7) is 2.05. The van der Waals surface area contributed by atoms with E-state index in [1.165, 1.54) is 0 Å². The number of hydrogen-bond donors (Lipinski definition) is 0. The second-order valence-corrected chi connectivity index (χ2v) is 11.1. The number of hydrogen-bond acceptors (Lipinski definition) is 3. The van der Waals surface area contributed by atoms with E-state index in [4.69, 9.17) is 16.3 Å². The third kappa shape index (κ3) is 7.59. The highest BCUT2D eigenvalue weighted by atomic mass is 79.9. The van der Waals surface area contributed by atoms with Gasteiger partial charge in [-0.1, -0.05) is 76.1 Å². The molecule has 7 heteroatoms. The van der Waals surface area contributed by atoms with Gasteiger partial charge in [0.1, 0.15) is 5.75 Å². The molecule has 1 heterocycles. The molecule has 3 aromatic carbocycles. The average molecular weight is 584 g/mol. The van der Waals surface area contributed by atoms with Crippen LogP contribution in [0.3, 0.4) is 0 Å². The molecule has 2 amide bonds. The minimum atomic E-state index is -0.483. The molecule has 0 bridgehead atoms. The second kappa shape index (κ2) is 12.6. The number of amides is 2. The zero-order chi connectivity index (χ0) is 26.3. The van der Waals surface area contributed by atoms with Crippen molar-refractivity contribution in [2.24, 2.45) is 5.41 Å². The van der Waals surface area contributed by atoms with Crippen molar-refractivity contribution in [1.82, 2.24) is 9.80 Å². The van der Waals surface area contributed by atoms with Gasteiger partial charge >= 0.3 is 0 Å². The minimum Gasteiger partial charge on any atom is -0.493 e. The lowest BCUT2D eigenvalue weighted by molar-refractivity contribution is -0.140. The zero-order valence-corrected chi connectivity index (χ0v) is 23.4. The lowest BCUT2D eigenvalue weighted by Gasteiger charge is -2.43. The highest BCUT2D eigenvalue weighted by Gasteiger charge is 2.40. The number of carbonyl (C=O) groups is 2. The first kappa shape index (κ1) is 27.2. The molecule has 0 spiro atoms. The fraction of sp³-hybridized carbons (Fsp3) is 0.333. The highest BCUT2D eigenvalue weighted by molar-refractivity contribution is 9.10. The van der Waals surface area contributed by atoms with Crippen molar-refractivity contribution in [2.45, 2.75) is 32.2 Å². The summed E-state index contributed by atoms with van der Waals surface area (Å²) in [6.07, 6.45) is 2.26. The Balaban J connectivity index is 1.50. The van der Waals surface area contributed by atoms with Crippen LogP contribution in [0.2, 0.25) is 5.02 Å². The molecule has 5 nitrogen and oxygen atoms in total. The number of halogens is 2. The molecule has 37 heavy (non-hydrogen) atoms. The van der Waals surface area contributed by atoms with Gasteiger partial charge in [0.25, 0.3) is 0 Å². The van der Waals surface area contributed by atoms with E-state index in [1.807, 2.05) is 78.7 Å². The molecular formula is C30H32BrClN2O3. The summed E-state index contributed by atoms with van der Waals surface area (Å²) in [6, 6.07) is 25.0. The molecule has 0 saturated carbocycles. The van der Waals surface area contributed by atoms with Crippen LogP contribution < -0.4 is 4.74 Å². The zero-order valence-electron chi connectivity index (χ0n) is 21.0. The van der Waals surface area contributed by atoms with Gasteiger partial charge in [-0.25, -0.2) is 0 Å². The van der Waals surface area contributed by atoms with Crippen LogP contribution >= 0.6 is 27.5 Å². The van der Waals surface area contributed by atoms with Crippen LogP contribution in [0.1, 0.15) is 30.4 Å². The summed E-state index contributed by atoms with van der Waals surface area (Å²) >= 11 is 9.59. The molecule has 1 fully saturated rings. The van der Waals surface area contributed by atoms with Gasteiger partial charge < -0.3 is 14.5 Å². The van der Waals surface area contributed by atoms with Gasteiger partial charge in [-0.05, 0) is 54.3 Å². The number of carbonyl (C=O) groups excluding carboxylic acids is 2. The van der Waals surface area contributed by atoms with Crippen LogP contribution in [0, 0.1) is 5.41 Å². The van der Waals surface area contributed by atoms with Crippen molar-refractivity contribution in [3.05, 3.63) is 99.5 Å². The first-order valence-electron chi connectivity index (χ1n) is 12.5. The molecule has 0 aromatic heterocycles. The number of nitrogens with zero attached hydrogens (tertiary/aromatic N) is 2. The van der Waals surface area contributed by atoms with Crippen molar-refractivity contribution < 1.29 is 14.3 Å². The smallest absolute Gasteiger partial charge is 0.227 e. The Labute approximate surface area is 232 Å². The predicted octanol–water partition coefficient (Wildman–Crippen LogP) is 6.38. The Kier molecular flexibility index (Phi) is 9.28. The van der Waals surface area contributed by atoms with Gasteiger partial charge in [-0.15, -0.1) is 0 Å². The molecule has 1 saturated heterocycles. The number of piperidine rings is 1. The van der Waals surface area contributed by atoms with Crippen LogP contribution in [0.5, 0.6) is 5.75 Å². The molecule has 1 aliphatic rings. The van der Waals surface area contributed by atoms with Crippen LogP contribution in [0.25, 0.3) is 0 Å². The molecule has 0 unspecified atom stereocenters. The Bertz CT molecular complexity index is 1200. The minimum absolute atomic E-state index is 0.0451. The Morgan fingerprint density at radius 2 is 1.73 bits per heavy atom. The van der Waals surface area contributed by atoms with Crippen LogP contribution in [0.15, 0.2) is 83.3 Å². The standard InChI is InChI=1S/C30H32BrClN2O3/c1-33(20-23-8-3-2-4-9-23)29(36)19-30(22-37-26-14-12-25(32)13-15-26)16-7-17-34(21-30)28(35)18-24-10-5-6-11-27(24)31/h2-6,8-15H,7,16-22H2,1H3/t30-/m0/s1. The number of benzene rings is 3. The van der Waals surface area contributed by atoms with Gasteiger partial charge in [0, 0.05) is 48.0 Å². The van der Waals surface area contributed by atoms with Crippen molar-refractivity contribution in [3.8, 4) is 5.75 Å². The summed E-state index contributed by atoms with van der Waals surface area (Å²) in [5.41, 5.74) is 1.56. The number of ether oxygens (including phenoxy) is 1. The van der Waals surface area contributed by atoms with Crippen molar-refractivity contribution in [3.63, 3.8) is 0 Å². The third-order valence-electron chi connectivity index (χ3n) is 6.89. The van der Waals surface area contributed by atoms with Gasteiger partial charge in [-0.2, -0.15) is 0 Å². The van der Waals surface area contributed by atoms with Crippen molar-refractivity contribution in [2.75, 3.05) is 26.7 Å². The van der Waals surface area contributed by atoms with Crippen molar-refractivity contribution in [1.29, 1.82) is 0 Å². The van der Waals surface area contributed by atoms with E-state index < -0.39 is 5.41 Å². The molecule has 0 aliphatic carbocycles. The second-order valence-electron chi connectivity index (χ2n) is 9.84. The Morgan fingerprint density at radius 3 is 2.46 bits per heavy atom. The monoisotopic (exact) mass is 582 g/mol. The lowest BCUT2D eigenvalue weighted by atomic mass is 9.77. The molecule has 0 N–H and O–H groups in total. The molecule has 1 aliphatic heterocycles. The van der Waals surface area contributed by atoms with Gasteiger partial charge in [-0.3, -0.25) is 9.59 Å². The van der Waals surface area contributed by atoms with Gasteiger partial charge in [0.15, 0.2) is 0 Å². The highest BCUT2D eigenvalue weighted by Crippen LogP contribution is 2.36. The maximum Gasteiger partial charge on any atom is 0.227 e. The molecule has 0 radical (unpaired) electrons. The fourth-order valence-electron chi connectivity index (χ4n) is 4.82. The van der Waals surface area contributed by atoms with E-state index in [1.54, 1.807) is 17.0 Å². The van der Waals surface area contributed by atoms with E-state index >= 15 is 0 Å². The number of rotatable bonds is 9.